The highest BCUT2D eigenvalue weighted by Crippen LogP contribution is 2.27. The summed E-state index contributed by atoms with van der Waals surface area (Å²) in [5.74, 6) is -0.119. The molecule has 3 rings (SSSR count). The summed E-state index contributed by atoms with van der Waals surface area (Å²) in [6.45, 7) is 2.74. The number of carbonyl (C=O) groups is 1. The van der Waals surface area contributed by atoms with E-state index in [2.05, 4.69) is 0 Å². The molecule has 2 atom stereocenters. The second-order valence-electron chi connectivity index (χ2n) is 8.28. The van der Waals surface area contributed by atoms with Gasteiger partial charge in [-0.1, -0.05) is 42.7 Å². The van der Waals surface area contributed by atoms with Gasteiger partial charge in [-0.25, -0.2) is 12.7 Å². The monoisotopic (exact) mass is 408 g/mol. The van der Waals surface area contributed by atoms with Gasteiger partial charge in [-0.15, -0.1) is 0 Å². The third kappa shape index (κ3) is 4.93. The summed E-state index contributed by atoms with van der Waals surface area (Å²) in [5, 5.41) is 10.2. The Morgan fingerprint density at radius 3 is 2.32 bits per heavy atom. The van der Waals surface area contributed by atoms with Gasteiger partial charge in [-0.3, -0.25) is 4.79 Å². The van der Waals surface area contributed by atoms with E-state index in [4.69, 9.17) is 0 Å². The maximum atomic E-state index is 12.9. The Morgan fingerprint density at radius 1 is 1.11 bits per heavy atom. The average Bonchev–Trinajstić information content (AvgIpc) is 2.69. The molecule has 1 aliphatic heterocycles. The van der Waals surface area contributed by atoms with Crippen LogP contribution in [0.1, 0.15) is 49.7 Å². The summed E-state index contributed by atoms with van der Waals surface area (Å²) in [4.78, 5) is 14.6. The van der Waals surface area contributed by atoms with E-state index in [0.717, 1.165) is 36.8 Å². The summed E-state index contributed by atoms with van der Waals surface area (Å²) >= 11 is 0. The molecule has 7 heteroatoms. The number of aliphatic hydroxyl groups excluding tert-OH is 1. The first-order valence-corrected chi connectivity index (χ1v) is 11.9. The number of aryl methyl sites for hydroxylation is 1. The molecule has 2 aliphatic rings. The Labute approximate surface area is 168 Å². The molecule has 1 aromatic carbocycles. The lowest BCUT2D eigenvalue weighted by Gasteiger charge is -2.38. The summed E-state index contributed by atoms with van der Waals surface area (Å²) < 4.78 is 27.0. The second-order valence-corrected chi connectivity index (χ2v) is 10.3. The highest BCUT2D eigenvalue weighted by Gasteiger charge is 2.36. The van der Waals surface area contributed by atoms with Gasteiger partial charge in [0.25, 0.3) is 0 Å². The van der Waals surface area contributed by atoms with Crippen molar-refractivity contribution < 1.29 is 18.3 Å². The smallest absolute Gasteiger partial charge is 0.225 e. The van der Waals surface area contributed by atoms with Crippen LogP contribution in [0.15, 0.2) is 24.3 Å². The average molecular weight is 409 g/mol. The fourth-order valence-corrected chi connectivity index (χ4v) is 5.93. The Bertz CT molecular complexity index is 770. The molecule has 1 aliphatic carbocycles. The number of hydrogen-bond donors (Lipinski definition) is 1. The zero-order valence-electron chi connectivity index (χ0n) is 16.9. The van der Waals surface area contributed by atoms with Crippen molar-refractivity contribution in [3.8, 4) is 0 Å². The van der Waals surface area contributed by atoms with E-state index < -0.39 is 16.1 Å². The summed E-state index contributed by atoms with van der Waals surface area (Å²) in [5.41, 5.74) is 1.89. The maximum Gasteiger partial charge on any atom is 0.225 e. The van der Waals surface area contributed by atoms with Gasteiger partial charge in [0, 0.05) is 26.1 Å². The molecule has 0 spiro atoms. The number of piperidine rings is 1. The molecular formula is C21H32N2O4S. The molecule has 156 valence electrons. The summed E-state index contributed by atoms with van der Waals surface area (Å²) in [6.07, 6.45) is 4.27. The molecule has 2 fully saturated rings. The van der Waals surface area contributed by atoms with Crippen LogP contribution in [0.4, 0.5) is 0 Å². The molecule has 1 N–H and O–H groups in total. The third-order valence-corrected chi connectivity index (χ3v) is 8.06. The molecule has 1 heterocycles. The lowest BCUT2D eigenvalue weighted by molar-refractivity contribution is -0.141. The molecule has 0 unspecified atom stereocenters. The van der Waals surface area contributed by atoms with Gasteiger partial charge < -0.3 is 10.0 Å². The molecular weight excluding hydrogens is 376 g/mol. The number of amides is 1. The third-order valence-electron chi connectivity index (χ3n) is 6.21. The van der Waals surface area contributed by atoms with Crippen LogP contribution in [0.3, 0.4) is 0 Å². The van der Waals surface area contributed by atoms with Crippen molar-refractivity contribution in [1.82, 2.24) is 9.21 Å². The Kier molecular flexibility index (Phi) is 6.78. The minimum absolute atomic E-state index is 0.0000618. The first-order chi connectivity index (χ1) is 13.3. The number of carbonyl (C=O) groups excluding carboxylic acids is 1. The zero-order valence-corrected chi connectivity index (χ0v) is 17.7. The van der Waals surface area contributed by atoms with Gasteiger partial charge in [0.1, 0.15) is 0 Å². The van der Waals surface area contributed by atoms with Crippen LogP contribution in [0.25, 0.3) is 0 Å². The van der Waals surface area contributed by atoms with E-state index in [1.54, 1.807) is 11.9 Å². The predicted octanol–water partition coefficient (Wildman–Crippen LogP) is 2.30. The zero-order chi connectivity index (χ0) is 20.3. The Balaban J connectivity index is 1.55. The summed E-state index contributed by atoms with van der Waals surface area (Å²) in [7, 11) is -1.60. The highest BCUT2D eigenvalue weighted by atomic mass is 32.2. The van der Waals surface area contributed by atoms with E-state index in [-0.39, 0.29) is 23.6 Å². The molecule has 1 saturated carbocycles. The highest BCUT2D eigenvalue weighted by molar-refractivity contribution is 7.88. The van der Waals surface area contributed by atoms with Crippen LogP contribution in [0, 0.1) is 12.8 Å². The molecule has 0 radical (unpaired) electrons. The second kappa shape index (κ2) is 8.93. The van der Waals surface area contributed by atoms with Gasteiger partial charge in [0.2, 0.25) is 15.9 Å². The van der Waals surface area contributed by atoms with E-state index in [9.17, 15) is 18.3 Å². The van der Waals surface area contributed by atoms with Crippen molar-refractivity contribution in [3.05, 3.63) is 35.4 Å². The minimum Gasteiger partial charge on any atom is -0.391 e. The minimum atomic E-state index is -3.38. The lowest BCUT2D eigenvalue weighted by atomic mass is 9.89. The topological polar surface area (TPSA) is 77.9 Å². The van der Waals surface area contributed by atoms with Gasteiger partial charge in [-0.05, 0) is 38.2 Å². The van der Waals surface area contributed by atoms with Gasteiger partial charge in [-0.2, -0.15) is 0 Å². The fourth-order valence-electron chi connectivity index (χ4n) is 4.36. The molecule has 6 nitrogen and oxygen atoms in total. The van der Waals surface area contributed by atoms with Crippen molar-refractivity contribution in [2.45, 2.75) is 63.3 Å². The van der Waals surface area contributed by atoms with E-state index in [0.29, 0.717) is 25.9 Å². The van der Waals surface area contributed by atoms with Crippen LogP contribution in [-0.2, 0) is 20.6 Å². The van der Waals surface area contributed by atoms with Gasteiger partial charge in [0.05, 0.1) is 17.9 Å². The molecule has 0 bridgehead atoms. The first-order valence-electron chi connectivity index (χ1n) is 10.3. The molecule has 0 aromatic heterocycles. The summed E-state index contributed by atoms with van der Waals surface area (Å²) in [6, 6.07) is 7.45. The number of hydrogen-bond acceptors (Lipinski definition) is 4. The normalized spacial score (nSPS) is 24.8. The molecule has 1 aromatic rings. The largest absolute Gasteiger partial charge is 0.391 e. The maximum absolute atomic E-state index is 12.9. The van der Waals surface area contributed by atoms with E-state index >= 15 is 0 Å². The van der Waals surface area contributed by atoms with Crippen LogP contribution in [0.2, 0.25) is 0 Å². The number of benzene rings is 1. The van der Waals surface area contributed by atoms with Crippen molar-refractivity contribution in [3.63, 3.8) is 0 Å². The molecule has 1 amide bonds. The Morgan fingerprint density at radius 2 is 1.71 bits per heavy atom. The van der Waals surface area contributed by atoms with Crippen molar-refractivity contribution >= 4 is 15.9 Å². The van der Waals surface area contributed by atoms with Gasteiger partial charge >= 0.3 is 0 Å². The predicted molar refractivity (Wildman–Crippen MR) is 109 cm³/mol. The quantitative estimate of drug-likeness (QED) is 0.811. The van der Waals surface area contributed by atoms with Crippen LogP contribution >= 0.6 is 0 Å². The van der Waals surface area contributed by atoms with Crippen LogP contribution in [0.5, 0.6) is 0 Å². The van der Waals surface area contributed by atoms with Crippen molar-refractivity contribution in [2.75, 3.05) is 20.1 Å². The van der Waals surface area contributed by atoms with E-state index in [1.165, 1.54) is 4.31 Å². The first kappa shape index (κ1) is 21.3. The SMILES string of the molecule is Cc1ccc(CS(=O)(=O)N2CCC(C(=O)N(C)[C@@H]3CCCC[C@H]3O)CC2)cc1. The van der Waals surface area contributed by atoms with Crippen molar-refractivity contribution in [1.29, 1.82) is 0 Å². The standard InChI is InChI=1S/C21H32N2O4S/c1-16-7-9-17(10-8-16)15-28(26,27)23-13-11-18(12-14-23)21(25)22(2)19-5-3-4-6-20(19)24/h7-10,18-20,24H,3-6,11-15H2,1-2H3/t19-,20-/m1/s1. The van der Waals surface area contributed by atoms with Gasteiger partial charge in [0.15, 0.2) is 0 Å². The molecule has 28 heavy (non-hydrogen) atoms. The van der Waals surface area contributed by atoms with E-state index in [1.807, 2.05) is 31.2 Å². The lowest BCUT2D eigenvalue weighted by Crippen LogP contribution is -2.50. The van der Waals surface area contributed by atoms with Crippen LogP contribution < -0.4 is 0 Å². The number of nitrogens with zero attached hydrogens (tertiary/aromatic N) is 2. The number of sulfonamides is 1. The van der Waals surface area contributed by atoms with Crippen LogP contribution in [-0.4, -0.2) is 60.9 Å². The number of rotatable bonds is 5. The Hall–Kier alpha value is -1.44. The number of aliphatic hydroxyl groups is 1. The molecule has 1 saturated heterocycles. The fraction of sp³-hybridized carbons (Fsp3) is 0.667. The van der Waals surface area contributed by atoms with Crippen molar-refractivity contribution in [2.24, 2.45) is 5.92 Å². The number of likely N-dealkylation sites (N-methyl/N-ethyl adjacent to an activating group) is 1.